The Balaban J connectivity index is 2.11. The molecule has 4 heteroatoms. The van der Waals surface area contributed by atoms with E-state index in [1.807, 2.05) is 65.0 Å². The number of carbonyl (C=O) groups excluding carboxylic acids is 2. The van der Waals surface area contributed by atoms with Crippen molar-refractivity contribution in [2.75, 3.05) is 5.32 Å². The van der Waals surface area contributed by atoms with Crippen molar-refractivity contribution in [2.45, 2.75) is 40.7 Å². The summed E-state index contributed by atoms with van der Waals surface area (Å²) in [5, 5.41) is 5.75. The Hall–Kier alpha value is -2.62. The number of amides is 2. The van der Waals surface area contributed by atoms with Crippen LogP contribution in [-0.4, -0.2) is 17.9 Å². The van der Waals surface area contributed by atoms with Gasteiger partial charge in [-0.1, -0.05) is 37.6 Å². The Labute approximate surface area is 149 Å². The largest absolute Gasteiger partial charge is 0.340 e. The lowest BCUT2D eigenvalue weighted by atomic mass is 10.0. The molecule has 2 N–H and O–H groups in total. The van der Waals surface area contributed by atoms with Crippen LogP contribution in [0.2, 0.25) is 0 Å². The van der Waals surface area contributed by atoms with Gasteiger partial charge in [0, 0.05) is 11.3 Å². The molecule has 1 unspecified atom stereocenters. The van der Waals surface area contributed by atoms with E-state index in [1.165, 1.54) is 5.56 Å². The topological polar surface area (TPSA) is 58.2 Å². The summed E-state index contributed by atoms with van der Waals surface area (Å²) in [7, 11) is 0. The average Bonchev–Trinajstić information content (AvgIpc) is 2.56. The molecule has 0 saturated heterocycles. The zero-order valence-corrected chi connectivity index (χ0v) is 15.5. The lowest BCUT2D eigenvalue weighted by Crippen LogP contribution is -2.47. The van der Waals surface area contributed by atoms with Crippen molar-refractivity contribution in [2.24, 2.45) is 5.92 Å². The van der Waals surface area contributed by atoms with Gasteiger partial charge < -0.3 is 10.6 Å². The molecule has 1 atom stereocenters. The van der Waals surface area contributed by atoms with Gasteiger partial charge in [0.25, 0.3) is 5.91 Å². The molecule has 2 aromatic rings. The summed E-state index contributed by atoms with van der Waals surface area (Å²) in [4.78, 5) is 25.1. The first kappa shape index (κ1) is 18.7. The maximum absolute atomic E-state index is 12.6. The van der Waals surface area contributed by atoms with E-state index in [0.29, 0.717) is 5.56 Å². The molecule has 2 rings (SSSR count). The third-order valence-electron chi connectivity index (χ3n) is 4.32. The number of aryl methyl sites for hydroxylation is 3. The highest BCUT2D eigenvalue weighted by Crippen LogP contribution is 2.15. The van der Waals surface area contributed by atoms with Gasteiger partial charge in [0.2, 0.25) is 5.91 Å². The van der Waals surface area contributed by atoms with Crippen LogP contribution in [0.5, 0.6) is 0 Å². The predicted octanol–water partition coefficient (Wildman–Crippen LogP) is 4.00. The zero-order valence-electron chi connectivity index (χ0n) is 15.5. The molecule has 0 aromatic heterocycles. The molecule has 25 heavy (non-hydrogen) atoms. The number of carbonyl (C=O) groups is 2. The van der Waals surface area contributed by atoms with E-state index in [2.05, 4.69) is 10.6 Å². The number of hydrogen-bond acceptors (Lipinski definition) is 2. The first-order valence-electron chi connectivity index (χ1n) is 8.53. The standard InChI is InChI=1S/C21H26N2O2/c1-13(2)19(23-20(24)17-9-6-14(3)7-10-17)21(25)22-18-11-8-15(4)16(5)12-18/h6-13,19H,1-5H3,(H,22,25)(H,23,24). The Morgan fingerprint density at radius 2 is 1.52 bits per heavy atom. The molecule has 132 valence electrons. The molecule has 0 aliphatic carbocycles. The monoisotopic (exact) mass is 338 g/mol. The Morgan fingerprint density at radius 1 is 0.880 bits per heavy atom. The van der Waals surface area contributed by atoms with Gasteiger partial charge in [-0.3, -0.25) is 9.59 Å². The molecule has 0 aliphatic rings. The highest BCUT2D eigenvalue weighted by molar-refractivity contribution is 6.01. The Kier molecular flexibility index (Phi) is 5.97. The van der Waals surface area contributed by atoms with Crippen molar-refractivity contribution >= 4 is 17.5 Å². The second-order valence-electron chi connectivity index (χ2n) is 6.85. The van der Waals surface area contributed by atoms with Gasteiger partial charge in [-0.05, 0) is 62.1 Å². The normalized spacial score (nSPS) is 11.9. The highest BCUT2D eigenvalue weighted by Gasteiger charge is 2.24. The molecule has 0 heterocycles. The summed E-state index contributed by atoms with van der Waals surface area (Å²) in [6, 6.07) is 12.5. The SMILES string of the molecule is Cc1ccc(C(=O)NC(C(=O)Nc2ccc(C)c(C)c2)C(C)C)cc1. The average molecular weight is 338 g/mol. The highest BCUT2D eigenvalue weighted by atomic mass is 16.2. The van der Waals surface area contributed by atoms with Crippen molar-refractivity contribution in [3.05, 3.63) is 64.7 Å². The van der Waals surface area contributed by atoms with Crippen LogP contribution in [0.1, 0.15) is 40.9 Å². The van der Waals surface area contributed by atoms with Crippen LogP contribution < -0.4 is 10.6 Å². The number of benzene rings is 2. The maximum Gasteiger partial charge on any atom is 0.251 e. The maximum atomic E-state index is 12.6. The second-order valence-corrected chi connectivity index (χ2v) is 6.85. The third-order valence-corrected chi connectivity index (χ3v) is 4.32. The summed E-state index contributed by atoms with van der Waals surface area (Å²) in [6.45, 7) is 9.83. The number of rotatable bonds is 5. The molecule has 4 nitrogen and oxygen atoms in total. The van der Waals surface area contributed by atoms with Crippen LogP contribution in [-0.2, 0) is 4.79 Å². The number of nitrogens with one attached hydrogen (secondary N) is 2. The van der Waals surface area contributed by atoms with E-state index in [1.54, 1.807) is 12.1 Å². The first-order valence-corrected chi connectivity index (χ1v) is 8.53. The molecule has 0 aliphatic heterocycles. The summed E-state index contributed by atoms with van der Waals surface area (Å²) in [5.41, 5.74) is 4.66. The van der Waals surface area contributed by atoms with Crippen LogP contribution in [0.15, 0.2) is 42.5 Å². The van der Waals surface area contributed by atoms with Crippen molar-refractivity contribution in [1.82, 2.24) is 5.32 Å². The van der Waals surface area contributed by atoms with Crippen LogP contribution in [0.25, 0.3) is 0 Å². The molecule has 2 aromatic carbocycles. The molecule has 0 fully saturated rings. The molecular formula is C21H26N2O2. The second kappa shape index (κ2) is 7.97. The summed E-state index contributed by atoms with van der Waals surface area (Å²) in [5.74, 6) is -0.478. The van der Waals surface area contributed by atoms with Gasteiger partial charge in [0.05, 0.1) is 0 Å². The molecule has 2 amide bonds. The van der Waals surface area contributed by atoms with Crippen LogP contribution >= 0.6 is 0 Å². The molecule has 0 spiro atoms. The zero-order chi connectivity index (χ0) is 18.6. The third kappa shape index (κ3) is 4.92. The predicted molar refractivity (Wildman–Crippen MR) is 102 cm³/mol. The minimum Gasteiger partial charge on any atom is -0.340 e. The molecule has 0 bridgehead atoms. The van der Waals surface area contributed by atoms with Crippen LogP contribution in [0.3, 0.4) is 0 Å². The molecule has 0 radical (unpaired) electrons. The summed E-state index contributed by atoms with van der Waals surface area (Å²) >= 11 is 0. The number of hydrogen-bond donors (Lipinski definition) is 2. The number of anilines is 1. The van der Waals surface area contributed by atoms with Gasteiger partial charge in [-0.15, -0.1) is 0 Å². The summed E-state index contributed by atoms with van der Waals surface area (Å²) in [6.07, 6.45) is 0. The van der Waals surface area contributed by atoms with E-state index in [4.69, 9.17) is 0 Å². The van der Waals surface area contributed by atoms with Gasteiger partial charge in [0.1, 0.15) is 6.04 Å². The fourth-order valence-electron chi connectivity index (χ4n) is 2.50. The lowest BCUT2D eigenvalue weighted by molar-refractivity contribution is -0.118. The molecular weight excluding hydrogens is 312 g/mol. The molecule has 0 saturated carbocycles. The van der Waals surface area contributed by atoms with Gasteiger partial charge in [0.15, 0.2) is 0 Å². The minimum atomic E-state index is -0.601. The van der Waals surface area contributed by atoms with E-state index in [-0.39, 0.29) is 17.7 Å². The van der Waals surface area contributed by atoms with Crippen molar-refractivity contribution in [3.8, 4) is 0 Å². The van der Waals surface area contributed by atoms with E-state index < -0.39 is 6.04 Å². The van der Waals surface area contributed by atoms with Crippen molar-refractivity contribution in [3.63, 3.8) is 0 Å². The van der Waals surface area contributed by atoms with Gasteiger partial charge in [-0.25, -0.2) is 0 Å². The smallest absolute Gasteiger partial charge is 0.251 e. The quantitative estimate of drug-likeness (QED) is 0.865. The fraction of sp³-hybridized carbons (Fsp3) is 0.333. The van der Waals surface area contributed by atoms with Gasteiger partial charge >= 0.3 is 0 Å². The minimum absolute atomic E-state index is 0.0269. The van der Waals surface area contributed by atoms with Crippen LogP contribution in [0, 0.1) is 26.7 Å². The van der Waals surface area contributed by atoms with E-state index >= 15 is 0 Å². The van der Waals surface area contributed by atoms with Crippen molar-refractivity contribution < 1.29 is 9.59 Å². The Bertz CT molecular complexity index is 764. The van der Waals surface area contributed by atoms with Gasteiger partial charge in [-0.2, -0.15) is 0 Å². The van der Waals surface area contributed by atoms with E-state index in [0.717, 1.165) is 16.8 Å². The van der Waals surface area contributed by atoms with E-state index in [9.17, 15) is 9.59 Å². The van der Waals surface area contributed by atoms with Crippen molar-refractivity contribution in [1.29, 1.82) is 0 Å². The Morgan fingerprint density at radius 3 is 2.08 bits per heavy atom. The first-order chi connectivity index (χ1) is 11.8. The lowest BCUT2D eigenvalue weighted by Gasteiger charge is -2.22. The van der Waals surface area contributed by atoms with Crippen LogP contribution in [0.4, 0.5) is 5.69 Å². The summed E-state index contributed by atoms with van der Waals surface area (Å²) < 4.78 is 0. The fourth-order valence-corrected chi connectivity index (χ4v) is 2.50.